The number of esters is 1. The normalized spacial score (nSPS) is 11.5. The number of benzene rings is 1. The lowest BCUT2D eigenvalue weighted by Crippen LogP contribution is -2.29. The highest BCUT2D eigenvalue weighted by Crippen LogP contribution is 2.16. The van der Waals surface area contributed by atoms with E-state index in [-0.39, 0.29) is 5.91 Å². The highest BCUT2D eigenvalue weighted by atomic mass is 32.1. The molecule has 0 aliphatic carbocycles. The molecule has 1 aromatic carbocycles. The van der Waals surface area contributed by atoms with Crippen molar-refractivity contribution in [3.8, 4) is 5.75 Å². The summed E-state index contributed by atoms with van der Waals surface area (Å²) in [5.74, 6) is -0.152. The summed E-state index contributed by atoms with van der Waals surface area (Å²) in [5.41, 5.74) is 1.07. The predicted octanol–water partition coefficient (Wildman–Crippen LogP) is 3.33. The van der Waals surface area contributed by atoms with E-state index in [0.717, 1.165) is 5.75 Å². The summed E-state index contributed by atoms with van der Waals surface area (Å²) >= 11 is 1.40. The number of carbonyl (C=O) groups is 2. The number of ether oxygens (including phenoxy) is 2. The zero-order valence-electron chi connectivity index (χ0n) is 12.4. The number of nitrogens with one attached hydrogen (secondary N) is 1. The van der Waals surface area contributed by atoms with Gasteiger partial charge in [0.05, 0.1) is 12.2 Å². The van der Waals surface area contributed by atoms with Crippen LogP contribution < -0.4 is 10.1 Å². The van der Waals surface area contributed by atoms with E-state index in [0.29, 0.717) is 17.9 Å². The molecule has 116 valence electrons. The van der Waals surface area contributed by atoms with Gasteiger partial charge in [0.2, 0.25) is 0 Å². The number of amides is 1. The second-order valence-corrected chi connectivity index (χ2v) is 5.29. The van der Waals surface area contributed by atoms with Crippen molar-refractivity contribution in [2.75, 3.05) is 11.9 Å². The minimum Gasteiger partial charge on any atom is -0.494 e. The molecule has 1 N–H and O–H groups in total. The van der Waals surface area contributed by atoms with Gasteiger partial charge in [-0.05, 0) is 49.6 Å². The van der Waals surface area contributed by atoms with Crippen LogP contribution in [0.4, 0.5) is 5.69 Å². The van der Waals surface area contributed by atoms with E-state index in [1.54, 1.807) is 41.1 Å². The minimum absolute atomic E-state index is 0.382. The zero-order valence-corrected chi connectivity index (χ0v) is 13.2. The summed E-state index contributed by atoms with van der Waals surface area (Å²) in [4.78, 5) is 23.8. The first-order valence-corrected chi connectivity index (χ1v) is 7.81. The van der Waals surface area contributed by atoms with Gasteiger partial charge in [0.25, 0.3) is 5.91 Å². The molecule has 0 bridgehead atoms. The largest absolute Gasteiger partial charge is 0.494 e. The fourth-order valence-corrected chi connectivity index (χ4v) is 2.33. The smallest absolute Gasteiger partial charge is 0.339 e. The Morgan fingerprint density at radius 2 is 1.95 bits per heavy atom. The fraction of sp³-hybridized carbons (Fsp3) is 0.250. The summed E-state index contributed by atoms with van der Waals surface area (Å²) in [6, 6.07) is 8.65. The molecule has 0 aliphatic rings. The molecular formula is C16H17NO4S. The molecule has 5 nitrogen and oxygen atoms in total. The lowest BCUT2D eigenvalue weighted by molar-refractivity contribution is -0.123. The Balaban J connectivity index is 1.89. The Labute approximate surface area is 132 Å². The molecular weight excluding hydrogens is 302 g/mol. The molecule has 0 spiro atoms. The molecule has 0 saturated heterocycles. The monoisotopic (exact) mass is 319 g/mol. The molecule has 0 radical (unpaired) electrons. The molecule has 1 aromatic heterocycles. The Morgan fingerprint density at radius 1 is 1.23 bits per heavy atom. The lowest BCUT2D eigenvalue weighted by Gasteiger charge is -2.13. The van der Waals surface area contributed by atoms with Crippen molar-refractivity contribution in [3.05, 3.63) is 46.7 Å². The topological polar surface area (TPSA) is 64.6 Å². The Morgan fingerprint density at radius 3 is 2.55 bits per heavy atom. The van der Waals surface area contributed by atoms with Crippen LogP contribution in [-0.4, -0.2) is 24.6 Å². The fourth-order valence-electron chi connectivity index (χ4n) is 1.71. The molecule has 2 rings (SSSR count). The molecule has 2 aromatic rings. The summed E-state index contributed by atoms with van der Waals surface area (Å²) < 4.78 is 10.4. The summed E-state index contributed by atoms with van der Waals surface area (Å²) in [7, 11) is 0. The van der Waals surface area contributed by atoms with Crippen LogP contribution in [0.1, 0.15) is 24.2 Å². The predicted molar refractivity (Wildman–Crippen MR) is 85.4 cm³/mol. The first-order chi connectivity index (χ1) is 10.6. The molecule has 0 fully saturated rings. The van der Waals surface area contributed by atoms with Crippen LogP contribution in [0, 0.1) is 0 Å². The number of rotatable bonds is 6. The van der Waals surface area contributed by atoms with E-state index in [2.05, 4.69) is 5.32 Å². The van der Waals surface area contributed by atoms with E-state index in [1.165, 1.54) is 18.3 Å². The standard InChI is InChI=1S/C16H17NO4S/c1-3-20-14-6-4-13(5-7-14)17-15(18)11(2)21-16(19)12-8-9-22-10-12/h4-11H,3H2,1-2H3,(H,17,18)/t11-/m1/s1. The van der Waals surface area contributed by atoms with Gasteiger partial charge in [-0.15, -0.1) is 0 Å². The third-order valence-corrected chi connectivity index (χ3v) is 3.53. The van der Waals surface area contributed by atoms with Gasteiger partial charge < -0.3 is 14.8 Å². The maximum atomic E-state index is 12.0. The number of hydrogen-bond acceptors (Lipinski definition) is 5. The van der Waals surface area contributed by atoms with Crippen molar-refractivity contribution in [2.24, 2.45) is 0 Å². The van der Waals surface area contributed by atoms with Crippen molar-refractivity contribution < 1.29 is 19.1 Å². The maximum Gasteiger partial charge on any atom is 0.339 e. The molecule has 0 unspecified atom stereocenters. The molecule has 0 saturated carbocycles. The number of hydrogen-bond donors (Lipinski definition) is 1. The van der Waals surface area contributed by atoms with E-state index in [9.17, 15) is 9.59 Å². The van der Waals surface area contributed by atoms with Crippen LogP contribution in [0.2, 0.25) is 0 Å². The first kappa shape index (κ1) is 16.0. The van der Waals surface area contributed by atoms with Gasteiger partial charge in [-0.2, -0.15) is 11.3 Å². The molecule has 22 heavy (non-hydrogen) atoms. The van der Waals surface area contributed by atoms with Crippen LogP contribution in [0.25, 0.3) is 0 Å². The molecule has 0 aliphatic heterocycles. The van der Waals surface area contributed by atoms with E-state index in [1.807, 2.05) is 6.92 Å². The highest BCUT2D eigenvalue weighted by Gasteiger charge is 2.19. The summed E-state index contributed by atoms with van der Waals surface area (Å²) in [5, 5.41) is 6.15. The van der Waals surface area contributed by atoms with E-state index >= 15 is 0 Å². The number of carbonyl (C=O) groups excluding carboxylic acids is 2. The maximum absolute atomic E-state index is 12.0. The van der Waals surface area contributed by atoms with Gasteiger partial charge in [-0.3, -0.25) is 4.79 Å². The van der Waals surface area contributed by atoms with Crippen molar-refractivity contribution in [1.29, 1.82) is 0 Å². The third-order valence-electron chi connectivity index (χ3n) is 2.84. The zero-order chi connectivity index (χ0) is 15.9. The second kappa shape index (κ2) is 7.61. The van der Waals surface area contributed by atoms with Crippen LogP contribution in [0.15, 0.2) is 41.1 Å². The highest BCUT2D eigenvalue weighted by molar-refractivity contribution is 7.08. The van der Waals surface area contributed by atoms with Crippen LogP contribution in [-0.2, 0) is 9.53 Å². The first-order valence-electron chi connectivity index (χ1n) is 6.87. The third kappa shape index (κ3) is 4.33. The molecule has 1 heterocycles. The number of anilines is 1. The van der Waals surface area contributed by atoms with Gasteiger partial charge in [0.1, 0.15) is 5.75 Å². The quantitative estimate of drug-likeness (QED) is 0.830. The minimum atomic E-state index is -0.876. The van der Waals surface area contributed by atoms with Crippen molar-refractivity contribution in [1.82, 2.24) is 0 Å². The van der Waals surface area contributed by atoms with Gasteiger partial charge in [0, 0.05) is 11.1 Å². The molecule has 1 atom stereocenters. The van der Waals surface area contributed by atoms with Gasteiger partial charge in [-0.1, -0.05) is 0 Å². The Hall–Kier alpha value is -2.34. The molecule has 1 amide bonds. The number of thiophene rings is 1. The summed E-state index contributed by atoms with van der Waals surface area (Å²) in [6.45, 7) is 4.02. The summed E-state index contributed by atoms with van der Waals surface area (Å²) in [6.07, 6.45) is -0.876. The van der Waals surface area contributed by atoms with E-state index < -0.39 is 12.1 Å². The Kier molecular flexibility index (Phi) is 5.55. The van der Waals surface area contributed by atoms with Gasteiger partial charge in [0.15, 0.2) is 6.10 Å². The van der Waals surface area contributed by atoms with E-state index in [4.69, 9.17) is 9.47 Å². The van der Waals surface area contributed by atoms with Crippen LogP contribution in [0.5, 0.6) is 5.75 Å². The average molecular weight is 319 g/mol. The van der Waals surface area contributed by atoms with Crippen molar-refractivity contribution in [3.63, 3.8) is 0 Å². The Bertz CT molecular complexity index is 622. The van der Waals surface area contributed by atoms with Crippen LogP contribution in [0.3, 0.4) is 0 Å². The second-order valence-electron chi connectivity index (χ2n) is 4.51. The molecule has 6 heteroatoms. The van der Waals surface area contributed by atoms with Crippen LogP contribution >= 0.6 is 11.3 Å². The SMILES string of the molecule is CCOc1ccc(NC(=O)[C@@H](C)OC(=O)c2ccsc2)cc1. The lowest BCUT2D eigenvalue weighted by atomic mass is 10.2. The van der Waals surface area contributed by atoms with Gasteiger partial charge in [-0.25, -0.2) is 4.79 Å². The average Bonchev–Trinajstić information content (AvgIpc) is 3.04. The van der Waals surface area contributed by atoms with Crippen molar-refractivity contribution >= 4 is 28.9 Å². The van der Waals surface area contributed by atoms with Crippen molar-refractivity contribution in [2.45, 2.75) is 20.0 Å². The van der Waals surface area contributed by atoms with Gasteiger partial charge >= 0.3 is 5.97 Å².